The normalized spacial score (nSPS) is 17.8. The molecule has 156 valence electrons. The van der Waals surface area contributed by atoms with Crippen LogP contribution < -0.4 is 5.32 Å². The van der Waals surface area contributed by atoms with Crippen LogP contribution in [0.3, 0.4) is 0 Å². The molecule has 2 aromatic carbocycles. The third-order valence-electron chi connectivity index (χ3n) is 6.06. The average molecular weight is 440 g/mol. The van der Waals surface area contributed by atoms with E-state index in [1.165, 1.54) is 11.1 Å². The third kappa shape index (κ3) is 3.93. The zero-order chi connectivity index (χ0) is 21.3. The van der Waals surface area contributed by atoms with Crippen LogP contribution in [0.5, 0.6) is 0 Å². The van der Waals surface area contributed by atoms with Crippen LogP contribution in [0.2, 0.25) is 10.0 Å². The minimum atomic E-state index is 0.264. The third-order valence-corrected chi connectivity index (χ3v) is 6.60. The maximum Gasteiger partial charge on any atom is 0.148 e. The number of hydrogen-bond donors (Lipinski definition) is 1. The van der Waals surface area contributed by atoms with Gasteiger partial charge in [0.25, 0.3) is 0 Å². The molecule has 0 saturated carbocycles. The summed E-state index contributed by atoms with van der Waals surface area (Å²) in [5, 5.41) is 4.99. The molecule has 1 aliphatic rings. The second-order valence-corrected chi connectivity index (χ2v) is 8.68. The van der Waals surface area contributed by atoms with Crippen molar-refractivity contribution in [1.29, 1.82) is 0 Å². The van der Waals surface area contributed by atoms with E-state index in [2.05, 4.69) is 50.4 Å². The fraction of sp³-hybridized carbons (Fsp3) is 0.360. The lowest BCUT2D eigenvalue weighted by molar-refractivity contribution is 0.474. The zero-order valence-electron chi connectivity index (χ0n) is 17.7. The Morgan fingerprint density at radius 2 is 1.73 bits per heavy atom. The molecule has 4 rings (SSSR count). The van der Waals surface area contributed by atoms with Crippen LogP contribution in [-0.4, -0.2) is 9.97 Å². The largest absolute Gasteiger partial charge is 0.361 e. The first-order valence-corrected chi connectivity index (χ1v) is 11.5. The Bertz CT molecular complexity index is 1060. The van der Waals surface area contributed by atoms with Gasteiger partial charge in [0, 0.05) is 10.6 Å². The minimum Gasteiger partial charge on any atom is -0.361 e. The first-order chi connectivity index (χ1) is 14.5. The number of aromatic nitrogens is 2. The van der Waals surface area contributed by atoms with Crippen molar-refractivity contribution in [2.75, 3.05) is 5.32 Å². The lowest BCUT2D eigenvalue weighted by atomic mass is 9.97. The number of halogens is 2. The number of aryl methyl sites for hydroxylation is 2. The molecule has 1 aliphatic carbocycles. The van der Waals surface area contributed by atoms with E-state index in [-0.39, 0.29) is 6.04 Å². The van der Waals surface area contributed by atoms with Gasteiger partial charge in [-0.1, -0.05) is 74.7 Å². The van der Waals surface area contributed by atoms with Crippen LogP contribution in [0.25, 0.3) is 11.3 Å². The lowest BCUT2D eigenvalue weighted by Gasteiger charge is -2.24. The Morgan fingerprint density at radius 1 is 0.967 bits per heavy atom. The standard InChI is InChI=1S/C25H27Cl2N3/c1-4-15-13-16-9-7-8-10-18(16)23(15)30-25-22(6-3)28-24(21(5-2)29-25)19-12-11-17(26)14-20(19)27/h7-12,14-15,23H,4-6,13H2,1-3H3,(H,29,30)/t15-,23+/m0/s1. The van der Waals surface area contributed by atoms with Gasteiger partial charge in [-0.05, 0) is 54.5 Å². The summed E-state index contributed by atoms with van der Waals surface area (Å²) < 4.78 is 0. The number of rotatable bonds is 6. The Labute approximate surface area is 188 Å². The van der Waals surface area contributed by atoms with E-state index in [4.69, 9.17) is 33.2 Å². The van der Waals surface area contributed by atoms with Crippen LogP contribution >= 0.6 is 23.2 Å². The average Bonchev–Trinajstić information content (AvgIpc) is 3.11. The molecule has 1 N–H and O–H groups in total. The molecule has 1 heterocycles. The molecule has 5 heteroatoms. The van der Waals surface area contributed by atoms with Crippen molar-refractivity contribution in [3.8, 4) is 11.3 Å². The number of anilines is 1. The molecule has 1 aromatic heterocycles. The molecule has 0 radical (unpaired) electrons. The van der Waals surface area contributed by atoms with E-state index in [0.29, 0.717) is 16.0 Å². The van der Waals surface area contributed by atoms with Crippen molar-refractivity contribution in [2.45, 2.75) is 52.5 Å². The molecule has 3 nitrogen and oxygen atoms in total. The van der Waals surface area contributed by atoms with Crippen molar-refractivity contribution < 1.29 is 0 Å². The summed E-state index contributed by atoms with van der Waals surface area (Å²) >= 11 is 12.6. The van der Waals surface area contributed by atoms with E-state index in [0.717, 1.165) is 54.1 Å². The fourth-order valence-electron chi connectivity index (χ4n) is 4.41. The highest BCUT2D eigenvalue weighted by molar-refractivity contribution is 6.36. The lowest BCUT2D eigenvalue weighted by Crippen LogP contribution is -2.19. The maximum absolute atomic E-state index is 6.49. The summed E-state index contributed by atoms with van der Waals surface area (Å²) in [6.07, 6.45) is 3.81. The van der Waals surface area contributed by atoms with Gasteiger partial charge in [0.15, 0.2) is 0 Å². The number of nitrogens with zero attached hydrogens (tertiary/aromatic N) is 2. The van der Waals surface area contributed by atoms with Gasteiger partial charge < -0.3 is 5.32 Å². The predicted octanol–water partition coefficient (Wildman–Crippen LogP) is 7.31. The van der Waals surface area contributed by atoms with Crippen molar-refractivity contribution in [3.63, 3.8) is 0 Å². The van der Waals surface area contributed by atoms with Gasteiger partial charge in [0.2, 0.25) is 0 Å². The molecular formula is C25H27Cl2N3. The molecule has 0 saturated heterocycles. The van der Waals surface area contributed by atoms with E-state index in [1.54, 1.807) is 6.07 Å². The van der Waals surface area contributed by atoms with E-state index in [1.807, 2.05) is 12.1 Å². The van der Waals surface area contributed by atoms with Crippen molar-refractivity contribution >= 4 is 29.0 Å². The van der Waals surface area contributed by atoms with Crippen LogP contribution in [0.1, 0.15) is 55.7 Å². The maximum atomic E-state index is 6.49. The van der Waals surface area contributed by atoms with Crippen LogP contribution in [0.15, 0.2) is 42.5 Å². The summed E-state index contributed by atoms with van der Waals surface area (Å²) in [5.41, 5.74) is 6.46. The van der Waals surface area contributed by atoms with Gasteiger partial charge in [-0.2, -0.15) is 0 Å². The summed E-state index contributed by atoms with van der Waals surface area (Å²) in [7, 11) is 0. The Hall–Kier alpha value is -2.10. The highest BCUT2D eigenvalue weighted by Gasteiger charge is 2.32. The SMILES string of the molecule is CCc1nc(-c2ccc(Cl)cc2Cl)c(CC)nc1N[C@H]1c2ccccc2C[C@@H]1CC. The molecule has 30 heavy (non-hydrogen) atoms. The van der Waals surface area contributed by atoms with Gasteiger partial charge >= 0.3 is 0 Å². The van der Waals surface area contributed by atoms with Crippen LogP contribution in [0.4, 0.5) is 5.82 Å². The van der Waals surface area contributed by atoms with Gasteiger partial charge in [-0.3, -0.25) is 0 Å². The summed E-state index contributed by atoms with van der Waals surface area (Å²) in [6.45, 7) is 6.49. The summed E-state index contributed by atoms with van der Waals surface area (Å²) in [5.74, 6) is 1.45. The summed E-state index contributed by atoms with van der Waals surface area (Å²) in [6, 6.07) is 14.5. The summed E-state index contributed by atoms with van der Waals surface area (Å²) in [4.78, 5) is 10.1. The Kier molecular flexibility index (Phi) is 6.31. The second kappa shape index (κ2) is 8.95. The molecular weight excluding hydrogens is 413 g/mol. The van der Waals surface area contributed by atoms with Crippen LogP contribution in [0, 0.1) is 5.92 Å². The zero-order valence-corrected chi connectivity index (χ0v) is 19.2. The highest BCUT2D eigenvalue weighted by Crippen LogP contribution is 2.41. The Balaban J connectivity index is 1.76. The first-order valence-electron chi connectivity index (χ1n) is 10.7. The minimum absolute atomic E-state index is 0.264. The van der Waals surface area contributed by atoms with Crippen LogP contribution in [-0.2, 0) is 19.3 Å². The van der Waals surface area contributed by atoms with E-state index in [9.17, 15) is 0 Å². The van der Waals surface area contributed by atoms with E-state index < -0.39 is 0 Å². The van der Waals surface area contributed by atoms with Gasteiger partial charge in [-0.25, -0.2) is 9.97 Å². The molecule has 0 fully saturated rings. The molecule has 2 atom stereocenters. The van der Waals surface area contributed by atoms with Gasteiger partial charge in [-0.15, -0.1) is 0 Å². The number of hydrogen-bond acceptors (Lipinski definition) is 3. The monoisotopic (exact) mass is 439 g/mol. The fourth-order valence-corrected chi connectivity index (χ4v) is 4.91. The molecule has 0 aliphatic heterocycles. The Morgan fingerprint density at radius 3 is 2.43 bits per heavy atom. The molecule has 0 unspecified atom stereocenters. The smallest absolute Gasteiger partial charge is 0.148 e. The molecule has 0 bridgehead atoms. The molecule has 0 amide bonds. The highest BCUT2D eigenvalue weighted by atomic mass is 35.5. The topological polar surface area (TPSA) is 37.8 Å². The second-order valence-electron chi connectivity index (χ2n) is 7.84. The predicted molar refractivity (Wildman–Crippen MR) is 127 cm³/mol. The van der Waals surface area contributed by atoms with Gasteiger partial charge in [0.05, 0.1) is 28.1 Å². The molecule has 3 aromatic rings. The van der Waals surface area contributed by atoms with E-state index >= 15 is 0 Å². The van der Waals surface area contributed by atoms with Gasteiger partial charge in [0.1, 0.15) is 5.82 Å². The van der Waals surface area contributed by atoms with Crippen molar-refractivity contribution in [1.82, 2.24) is 9.97 Å². The number of nitrogens with one attached hydrogen (secondary N) is 1. The number of benzene rings is 2. The quantitative estimate of drug-likeness (QED) is 0.437. The molecule has 0 spiro atoms. The first kappa shape index (κ1) is 21.1. The number of fused-ring (bicyclic) bond motifs is 1. The van der Waals surface area contributed by atoms with Crippen molar-refractivity contribution in [3.05, 3.63) is 75.0 Å². The van der Waals surface area contributed by atoms with Crippen molar-refractivity contribution in [2.24, 2.45) is 5.92 Å².